The van der Waals surface area contributed by atoms with Crippen LogP contribution in [0.2, 0.25) is 0 Å². The van der Waals surface area contributed by atoms with Crippen LogP contribution < -0.4 is 5.32 Å². The van der Waals surface area contributed by atoms with Gasteiger partial charge in [-0.05, 0) is 13.3 Å². The Morgan fingerprint density at radius 2 is 2.19 bits per heavy atom. The molecule has 0 aromatic carbocycles. The van der Waals surface area contributed by atoms with Crippen LogP contribution in [0.3, 0.4) is 0 Å². The van der Waals surface area contributed by atoms with E-state index in [-0.39, 0.29) is 23.4 Å². The molecule has 0 radical (unpaired) electrons. The number of aromatic nitrogens is 1. The van der Waals surface area contributed by atoms with Crippen molar-refractivity contribution in [1.29, 1.82) is 0 Å². The van der Waals surface area contributed by atoms with Crippen LogP contribution in [0.15, 0.2) is 10.6 Å². The Bertz CT molecular complexity index is 353. The fourth-order valence-electron chi connectivity index (χ4n) is 1.15. The molecular formula is C10H14Cl2N2O2. The van der Waals surface area contributed by atoms with Crippen molar-refractivity contribution in [2.24, 2.45) is 0 Å². The van der Waals surface area contributed by atoms with Crippen LogP contribution in [0.25, 0.3) is 0 Å². The molecule has 1 rings (SSSR count). The predicted molar refractivity (Wildman–Crippen MR) is 63.2 cm³/mol. The van der Waals surface area contributed by atoms with Gasteiger partial charge in [-0.1, -0.05) is 12.1 Å². The third-order valence-corrected chi connectivity index (χ3v) is 3.44. The van der Waals surface area contributed by atoms with E-state index >= 15 is 0 Å². The molecule has 6 heteroatoms. The van der Waals surface area contributed by atoms with Crippen LogP contribution in [-0.4, -0.2) is 28.4 Å². The highest BCUT2D eigenvalue weighted by Crippen LogP contribution is 2.16. The summed E-state index contributed by atoms with van der Waals surface area (Å²) in [5, 5.41) is 6.42. The summed E-state index contributed by atoms with van der Waals surface area (Å²) in [7, 11) is 0. The Morgan fingerprint density at radius 3 is 2.56 bits per heavy atom. The quantitative estimate of drug-likeness (QED) is 0.831. The van der Waals surface area contributed by atoms with Crippen molar-refractivity contribution < 1.29 is 9.32 Å². The summed E-state index contributed by atoms with van der Waals surface area (Å²) >= 11 is 11.6. The highest BCUT2D eigenvalue weighted by Gasteiger charge is 2.29. The summed E-state index contributed by atoms with van der Waals surface area (Å²) < 4.78 is 4.86. The van der Waals surface area contributed by atoms with Gasteiger partial charge in [0.2, 0.25) is 5.76 Å². The predicted octanol–water partition coefficient (Wildman–Crippen LogP) is 2.34. The second-order valence-corrected chi connectivity index (χ2v) is 4.22. The lowest BCUT2D eigenvalue weighted by atomic mass is 10.0. The lowest BCUT2D eigenvalue weighted by molar-refractivity contribution is 0.0875. The number of carbonyl (C=O) groups is 1. The van der Waals surface area contributed by atoms with Crippen molar-refractivity contribution in [2.75, 3.05) is 11.8 Å². The van der Waals surface area contributed by atoms with Gasteiger partial charge in [0.05, 0.1) is 11.2 Å². The van der Waals surface area contributed by atoms with E-state index in [1.54, 1.807) is 13.0 Å². The SMILES string of the molecule is CCC(CCl)(CCl)NC(=O)c1cc(C)no1. The van der Waals surface area contributed by atoms with E-state index in [0.29, 0.717) is 12.1 Å². The van der Waals surface area contributed by atoms with Gasteiger partial charge in [-0.25, -0.2) is 0 Å². The lowest BCUT2D eigenvalue weighted by Gasteiger charge is -2.28. The summed E-state index contributed by atoms with van der Waals surface area (Å²) in [6.07, 6.45) is 0.652. The van der Waals surface area contributed by atoms with Gasteiger partial charge in [0, 0.05) is 17.8 Å². The minimum absolute atomic E-state index is 0.172. The Balaban J connectivity index is 2.76. The summed E-state index contributed by atoms with van der Waals surface area (Å²) in [6.45, 7) is 3.66. The molecule has 0 aliphatic carbocycles. The zero-order chi connectivity index (χ0) is 12.2. The number of hydrogen-bond donors (Lipinski definition) is 1. The second-order valence-electron chi connectivity index (χ2n) is 3.69. The largest absolute Gasteiger partial charge is 0.351 e. The van der Waals surface area contributed by atoms with Crippen molar-refractivity contribution >= 4 is 29.1 Å². The van der Waals surface area contributed by atoms with E-state index in [1.165, 1.54) is 0 Å². The zero-order valence-electron chi connectivity index (χ0n) is 9.22. The van der Waals surface area contributed by atoms with Crippen LogP contribution >= 0.6 is 23.2 Å². The summed E-state index contributed by atoms with van der Waals surface area (Å²) in [6, 6.07) is 1.57. The highest BCUT2D eigenvalue weighted by molar-refractivity contribution is 6.22. The van der Waals surface area contributed by atoms with Crippen molar-refractivity contribution in [1.82, 2.24) is 10.5 Å². The molecule has 0 aliphatic rings. The average molecular weight is 265 g/mol. The number of carbonyl (C=O) groups excluding carboxylic acids is 1. The number of nitrogens with one attached hydrogen (secondary N) is 1. The third kappa shape index (κ3) is 2.89. The molecule has 1 heterocycles. The van der Waals surface area contributed by atoms with Crippen LogP contribution in [0.1, 0.15) is 29.6 Å². The van der Waals surface area contributed by atoms with E-state index in [4.69, 9.17) is 27.7 Å². The van der Waals surface area contributed by atoms with E-state index in [0.717, 1.165) is 0 Å². The average Bonchev–Trinajstić information content (AvgIpc) is 2.73. The second kappa shape index (κ2) is 5.55. The van der Waals surface area contributed by atoms with E-state index in [9.17, 15) is 4.79 Å². The van der Waals surface area contributed by atoms with Gasteiger partial charge < -0.3 is 9.84 Å². The summed E-state index contributed by atoms with van der Waals surface area (Å²) in [4.78, 5) is 11.8. The summed E-state index contributed by atoms with van der Waals surface area (Å²) in [5.41, 5.74) is 0.0601. The number of nitrogens with zero attached hydrogens (tertiary/aromatic N) is 1. The maximum Gasteiger partial charge on any atom is 0.290 e. The molecule has 4 nitrogen and oxygen atoms in total. The Morgan fingerprint density at radius 1 is 1.56 bits per heavy atom. The fourth-order valence-corrected chi connectivity index (χ4v) is 1.95. The van der Waals surface area contributed by atoms with E-state index < -0.39 is 5.54 Å². The molecule has 16 heavy (non-hydrogen) atoms. The Kier molecular flexibility index (Phi) is 4.62. The standard InChI is InChI=1S/C10H14Cl2N2O2/c1-3-10(5-11,6-12)13-9(15)8-4-7(2)14-16-8/h4H,3,5-6H2,1-2H3,(H,13,15). The molecule has 0 saturated carbocycles. The van der Waals surface area contributed by atoms with Gasteiger partial charge in [-0.3, -0.25) is 4.79 Å². The number of halogens is 2. The van der Waals surface area contributed by atoms with E-state index in [1.807, 2.05) is 6.92 Å². The monoisotopic (exact) mass is 264 g/mol. The smallest absolute Gasteiger partial charge is 0.290 e. The van der Waals surface area contributed by atoms with Crippen molar-refractivity contribution in [3.8, 4) is 0 Å². The molecule has 1 N–H and O–H groups in total. The molecule has 0 unspecified atom stereocenters. The lowest BCUT2D eigenvalue weighted by Crippen LogP contribution is -2.51. The molecule has 0 bridgehead atoms. The minimum Gasteiger partial charge on any atom is -0.351 e. The van der Waals surface area contributed by atoms with Crippen molar-refractivity contribution in [3.63, 3.8) is 0 Å². The molecule has 0 aliphatic heterocycles. The molecule has 1 amide bonds. The van der Waals surface area contributed by atoms with Crippen molar-refractivity contribution in [2.45, 2.75) is 25.8 Å². The van der Waals surface area contributed by atoms with Gasteiger partial charge in [0.15, 0.2) is 0 Å². The highest BCUT2D eigenvalue weighted by atomic mass is 35.5. The molecule has 1 aromatic heterocycles. The minimum atomic E-state index is -0.596. The molecular weight excluding hydrogens is 251 g/mol. The topological polar surface area (TPSA) is 55.1 Å². The first-order valence-corrected chi connectivity index (χ1v) is 6.01. The Labute approximate surface area is 104 Å². The number of rotatable bonds is 5. The van der Waals surface area contributed by atoms with Gasteiger partial charge in [0.25, 0.3) is 5.91 Å². The molecule has 0 saturated heterocycles. The van der Waals surface area contributed by atoms with Crippen LogP contribution in [0.5, 0.6) is 0 Å². The molecule has 0 atom stereocenters. The Hall–Kier alpha value is -0.740. The molecule has 90 valence electrons. The third-order valence-electron chi connectivity index (χ3n) is 2.42. The first-order valence-electron chi connectivity index (χ1n) is 4.94. The number of aryl methyl sites for hydroxylation is 1. The first-order chi connectivity index (χ1) is 7.56. The van der Waals surface area contributed by atoms with E-state index in [2.05, 4.69) is 10.5 Å². The fraction of sp³-hybridized carbons (Fsp3) is 0.600. The van der Waals surface area contributed by atoms with Gasteiger partial charge >= 0.3 is 0 Å². The number of amides is 1. The molecule has 1 aromatic rings. The van der Waals surface area contributed by atoms with Crippen molar-refractivity contribution in [3.05, 3.63) is 17.5 Å². The van der Waals surface area contributed by atoms with Crippen LogP contribution in [0, 0.1) is 6.92 Å². The number of hydrogen-bond acceptors (Lipinski definition) is 3. The normalized spacial score (nSPS) is 11.5. The zero-order valence-corrected chi connectivity index (χ0v) is 10.7. The first kappa shape index (κ1) is 13.3. The maximum absolute atomic E-state index is 11.8. The van der Waals surface area contributed by atoms with Gasteiger partial charge in [-0.15, -0.1) is 23.2 Å². The van der Waals surface area contributed by atoms with Crippen LogP contribution in [0.4, 0.5) is 0 Å². The summed E-state index contributed by atoms with van der Waals surface area (Å²) in [5.74, 6) is 0.340. The van der Waals surface area contributed by atoms with Gasteiger partial charge in [0.1, 0.15) is 0 Å². The molecule has 0 fully saturated rings. The van der Waals surface area contributed by atoms with Gasteiger partial charge in [-0.2, -0.15) is 0 Å². The maximum atomic E-state index is 11.8. The molecule has 0 spiro atoms. The van der Waals surface area contributed by atoms with Crippen LogP contribution in [-0.2, 0) is 0 Å². The number of alkyl halides is 2.